The van der Waals surface area contributed by atoms with Crippen molar-refractivity contribution in [2.75, 3.05) is 7.11 Å². The molecule has 2 nitrogen and oxygen atoms in total. The minimum Gasteiger partial charge on any atom is -0.497 e. The number of rotatable bonds is 3. The Hall–Kier alpha value is -2.24. The smallest absolute Gasteiger partial charge is 0.118 e. The highest BCUT2D eigenvalue weighted by atomic mass is 35.5. The van der Waals surface area contributed by atoms with E-state index in [4.69, 9.17) is 16.3 Å². The number of hydrogen-bond donors (Lipinski definition) is 0. The van der Waals surface area contributed by atoms with Gasteiger partial charge >= 0.3 is 0 Å². The Balaban J connectivity index is 2.33. The van der Waals surface area contributed by atoms with Crippen LogP contribution in [0.25, 0.3) is 11.6 Å². The van der Waals surface area contributed by atoms with E-state index in [0.29, 0.717) is 10.6 Å². The molecule has 0 heterocycles. The third-order valence-corrected chi connectivity index (χ3v) is 2.95. The normalized spacial score (nSPS) is 10.9. The fraction of sp³-hybridized carbons (Fsp3) is 0.0625. The second-order valence-corrected chi connectivity index (χ2v) is 4.39. The van der Waals surface area contributed by atoms with E-state index in [0.717, 1.165) is 16.9 Å². The molecule has 3 heteroatoms. The van der Waals surface area contributed by atoms with Crippen LogP contribution in [-0.4, -0.2) is 7.11 Å². The number of benzene rings is 2. The standard InChI is InChI=1S/C16H12ClNO/c1-19-16-8-2-12(3-9-16)10-14(11-18)13-4-6-15(17)7-5-13/h2-10H,1H3/b14-10-. The van der Waals surface area contributed by atoms with Crippen LogP contribution in [0.1, 0.15) is 11.1 Å². The van der Waals surface area contributed by atoms with Crippen LogP contribution in [0.5, 0.6) is 5.75 Å². The Labute approximate surface area is 117 Å². The zero-order chi connectivity index (χ0) is 13.7. The van der Waals surface area contributed by atoms with E-state index >= 15 is 0 Å². The van der Waals surface area contributed by atoms with E-state index in [-0.39, 0.29) is 0 Å². The predicted octanol–water partition coefficient (Wildman–Crippen LogP) is 4.41. The molecule has 0 atom stereocenters. The van der Waals surface area contributed by atoms with E-state index in [1.165, 1.54) is 0 Å². The average molecular weight is 270 g/mol. The fourth-order valence-electron chi connectivity index (χ4n) is 1.68. The topological polar surface area (TPSA) is 33.0 Å². The maximum absolute atomic E-state index is 9.23. The van der Waals surface area contributed by atoms with Crippen molar-refractivity contribution in [1.82, 2.24) is 0 Å². The van der Waals surface area contributed by atoms with Gasteiger partial charge in [-0.3, -0.25) is 0 Å². The number of allylic oxidation sites excluding steroid dienone is 1. The zero-order valence-electron chi connectivity index (χ0n) is 10.4. The van der Waals surface area contributed by atoms with Crippen LogP contribution in [-0.2, 0) is 0 Å². The number of ether oxygens (including phenoxy) is 1. The second kappa shape index (κ2) is 6.08. The molecule has 0 amide bonds. The lowest BCUT2D eigenvalue weighted by Crippen LogP contribution is -1.84. The first-order valence-electron chi connectivity index (χ1n) is 5.75. The predicted molar refractivity (Wildman–Crippen MR) is 77.9 cm³/mol. The highest BCUT2D eigenvalue weighted by Crippen LogP contribution is 2.21. The molecule has 0 aromatic heterocycles. The summed E-state index contributed by atoms with van der Waals surface area (Å²) in [7, 11) is 1.62. The summed E-state index contributed by atoms with van der Waals surface area (Å²) in [6.45, 7) is 0. The molecule has 2 aromatic carbocycles. The van der Waals surface area contributed by atoms with Crippen molar-refractivity contribution in [3.8, 4) is 11.8 Å². The molecule has 2 aromatic rings. The molecule has 0 bridgehead atoms. The molecule has 0 saturated heterocycles. The molecule has 0 saturated carbocycles. The van der Waals surface area contributed by atoms with E-state index in [9.17, 15) is 5.26 Å². The van der Waals surface area contributed by atoms with Crippen LogP contribution in [0, 0.1) is 11.3 Å². The van der Waals surface area contributed by atoms with Crippen molar-refractivity contribution in [2.24, 2.45) is 0 Å². The van der Waals surface area contributed by atoms with E-state index in [2.05, 4.69) is 6.07 Å². The van der Waals surface area contributed by atoms with Crippen LogP contribution in [0.2, 0.25) is 5.02 Å². The molecule has 0 spiro atoms. The summed E-state index contributed by atoms with van der Waals surface area (Å²) < 4.78 is 5.10. The van der Waals surface area contributed by atoms with Gasteiger partial charge in [-0.2, -0.15) is 5.26 Å². The lowest BCUT2D eigenvalue weighted by Gasteiger charge is -2.02. The van der Waals surface area contributed by atoms with Crippen LogP contribution >= 0.6 is 11.6 Å². The van der Waals surface area contributed by atoms with Crippen molar-refractivity contribution < 1.29 is 4.74 Å². The van der Waals surface area contributed by atoms with Gasteiger partial charge in [0.15, 0.2) is 0 Å². The van der Waals surface area contributed by atoms with Crippen molar-refractivity contribution in [3.63, 3.8) is 0 Å². The number of hydrogen-bond acceptors (Lipinski definition) is 2. The van der Waals surface area contributed by atoms with Crippen LogP contribution in [0.15, 0.2) is 48.5 Å². The highest BCUT2D eigenvalue weighted by molar-refractivity contribution is 6.30. The summed E-state index contributed by atoms with van der Waals surface area (Å²) in [6, 6.07) is 17.0. The lowest BCUT2D eigenvalue weighted by molar-refractivity contribution is 0.415. The number of nitriles is 1. The lowest BCUT2D eigenvalue weighted by atomic mass is 10.0. The molecular weight excluding hydrogens is 258 g/mol. The summed E-state index contributed by atoms with van der Waals surface area (Å²) >= 11 is 5.84. The van der Waals surface area contributed by atoms with Crippen molar-refractivity contribution >= 4 is 23.3 Å². The van der Waals surface area contributed by atoms with Gasteiger partial charge in [0.1, 0.15) is 5.75 Å². The SMILES string of the molecule is COc1ccc(/C=C(/C#N)c2ccc(Cl)cc2)cc1. The van der Waals surface area contributed by atoms with Gasteiger partial charge in [-0.15, -0.1) is 0 Å². The third-order valence-electron chi connectivity index (χ3n) is 2.70. The Morgan fingerprint density at radius 1 is 1.11 bits per heavy atom. The summed E-state index contributed by atoms with van der Waals surface area (Å²) in [5, 5.41) is 9.89. The minimum absolute atomic E-state index is 0.599. The van der Waals surface area contributed by atoms with E-state index in [1.54, 1.807) is 19.2 Å². The molecular formula is C16H12ClNO. The van der Waals surface area contributed by atoms with Gasteiger partial charge in [-0.05, 0) is 41.5 Å². The third kappa shape index (κ3) is 3.37. The van der Waals surface area contributed by atoms with Gasteiger partial charge in [-0.1, -0.05) is 35.9 Å². The molecule has 0 unspecified atom stereocenters. The molecule has 0 radical (unpaired) electrons. The molecule has 2 rings (SSSR count). The van der Waals surface area contributed by atoms with E-state index in [1.807, 2.05) is 42.5 Å². The van der Waals surface area contributed by atoms with Crippen molar-refractivity contribution in [1.29, 1.82) is 5.26 Å². The summed E-state index contributed by atoms with van der Waals surface area (Å²) in [5.41, 5.74) is 2.40. The van der Waals surface area contributed by atoms with Gasteiger partial charge in [0.05, 0.1) is 18.8 Å². The van der Waals surface area contributed by atoms with Gasteiger partial charge in [-0.25, -0.2) is 0 Å². The molecule has 19 heavy (non-hydrogen) atoms. The molecule has 0 N–H and O–H groups in total. The monoisotopic (exact) mass is 269 g/mol. The molecule has 0 fully saturated rings. The molecule has 0 aliphatic heterocycles. The maximum Gasteiger partial charge on any atom is 0.118 e. The van der Waals surface area contributed by atoms with Crippen LogP contribution in [0.3, 0.4) is 0 Å². The number of nitrogens with zero attached hydrogens (tertiary/aromatic N) is 1. The molecule has 94 valence electrons. The Morgan fingerprint density at radius 2 is 1.74 bits per heavy atom. The summed E-state index contributed by atoms with van der Waals surface area (Å²) in [4.78, 5) is 0. The van der Waals surface area contributed by atoms with Crippen molar-refractivity contribution in [2.45, 2.75) is 0 Å². The highest BCUT2D eigenvalue weighted by Gasteiger charge is 2.01. The van der Waals surface area contributed by atoms with Crippen LogP contribution < -0.4 is 4.74 Å². The van der Waals surface area contributed by atoms with Gasteiger partial charge in [0.25, 0.3) is 0 Å². The average Bonchev–Trinajstić information content (AvgIpc) is 2.46. The number of methoxy groups -OCH3 is 1. The van der Waals surface area contributed by atoms with Gasteiger partial charge in [0, 0.05) is 5.02 Å². The minimum atomic E-state index is 0.599. The van der Waals surface area contributed by atoms with Gasteiger partial charge in [0.2, 0.25) is 0 Å². The summed E-state index contributed by atoms with van der Waals surface area (Å²) in [5.74, 6) is 0.794. The Morgan fingerprint density at radius 3 is 2.26 bits per heavy atom. The first-order chi connectivity index (χ1) is 9.22. The largest absolute Gasteiger partial charge is 0.497 e. The van der Waals surface area contributed by atoms with E-state index < -0.39 is 0 Å². The number of halogens is 1. The maximum atomic E-state index is 9.23. The van der Waals surface area contributed by atoms with Crippen molar-refractivity contribution in [3.05, 3.63) is 64.7 Å². The molecule has 0 aliphatic rings. The quantitative estimate of drug-likeness (QED) is 0.611. The Bertz CT molecular complexity index is 621. The van der Waals surface area contributed by atoms with Crippen LogP contribution in [0.4, 0.5) is 0 Å². The zero-order valence-corrected chi connectivity index (χ0v) is 11.2. The summed E-state index contributed by atoms with van der Waals surface area (Å²) in [6.07, 6.45) is 1.84. The molecule has 0 aliphatic carbocycles. The van der Waals surface area contributed by atoms with Gasteiger partial charge < -0.3 is 4.74 Å². The second-order valence-electron chi connectivity index (χ2n) is 3.95. The first-order valence-corrected chi connectivity index (χ1v) is 6.12. The fourth-order valence-corrected chi connectivity index (χ4v) is 1.80. The first kappa shape index (κ1) is 13.2. The Kier molecular flexibility index (Phi) is 4.22.